The van der Waals surface area contributed by atoms with Crippen LogP contribution in [0, 0.1) is 5.82 Å². The highest BCUT2D eigenvalue weighted by molar-refractivity contribution is 6.67. The van der Waals surface area contributed by atoms with E-state index in [9.17, 15) is 14.0 Å². The van der Waals surface area contributed by atoms with E-state index in [0.717, 1.165) is 0 Å². The minimum absolute atomic E-state index is 0.0842. The van der Waals surface area contributed by atoms with Gasteiger partial charge in [0.25, 0.3) is 5.24 Å². The van der Waals surface area contributed by atoms with Gasteiger partial charge in [0.15, 0.2) is 0 Å². The number of nitrogens with zero attached hydrogens (tertiary/aromatic N) is 2. The van der Waals surface area contributed by atoms with E-state index < -0.39 is 16.5 Å². The molecule has 0 bridgehead atoms. The fourth-order valence-corrected chi connectivity index (χ4v) is 2.44. The van der Waals surface area contributed by atoms with Crippen molar-refractivity contribution in [2.24, 2.45) is 0 Å². The summed E-state index contributed by atoms with van der Waals surface area (Å²) < 4.78 is 14.8. The third-order valence-electron chi connectivity index (χ3n) is 3.16. The molecule has 0 saturated heterocycles. The van der Waals surface area contributed by atoms with Gasteiger partial charge in [-0.15, -0.1) is 0 Å². The van der Waals surface area contributed by atoms with Gasteiger partial charge >= 0.3 is 0 Å². The van der Waals surface area contributed by atoms with E-state index in [0.29, 0.717) is 11.3 Å². The molecular formula is C15H7Cl2FN2O2. The Bertz CT molecular complexity index is 969. The number of aromatic nitrogens is 2. The van der Waals surface area contributed by atoms with Crippen molar-refractivity contribution in [3.63, 3.8) is 0 Å². The van der Waals surface area contributed by atoms with Crippen LogP contribution in [0.25, 0.3) is 16.7 Å². The van der Waals surface area contributed by atoms with E-state index in [2.05, 4.69) is 4.98 Å². The van der Waals surface area contributed by atoms with Crippen LogP contribution in [0.2, 0.25) is 5.02 Å². The van der Waals surface area contributed by atoms with Crippen molar-refractivity contribution in [3.8, 4) is 5.69 Å². The van der Waals surface area contributed by atoms with E-state index in [1.807, 2.05) is 0 Å². The average Bonchev–Trinajstić information content (AvgIpc) is 2.50. The number of pyridine rings is 2. The Morgan fingerprint density at radius 3 is 2.73 bits per heavy atom. The summed E-state index contributed by atoms with van der Waals surface area (Å²) in [6.07, 6.45) is 2.78. The molecule has 0 aliphatic rings. The molecule has 3 rings (SSSR count). The molecule has 0 saturated carbocycles. The molecule has 0 fully saturated rings. The van der Waals surface area contributed by atoms with E-state index in [1.54, 1.807) is 6.07 Å². The molecule has 0 spiro atoms. The quantitative estimate of drug-likeness (QED) is 0.672. The SMILES string of the molecule is O=C(Cl)c1cn(-c2ccc(F)c(Cl)c2)c2ncccc2c1=O. The van der Waals surface area contributed by atoms with Crippen molar-refractivity contribution >= 4 is 39.5 Å². The number of hydrogen-bond donors (Lipinski definition) is 0. The molecule has 22 heavy (non-hydrogen) atoms. The maximum Gasteiger partial charge on any atom is 0.257 e. The second kappa shape index (κ2) is 5.51. The minimum Gasteiger partial charge on any atom is -0.300 e. The second-order valence-corrected chi connectivity index (χ2v) is 5.24. The largest absolute Gasteiger partial charge is 0.300 e. The lowest BCUT2D eigenvalue weighted by atomic mass is 10.2. The Labute approximate surface area is 133 Å². The maximum atomic E-state index is 13.3. The lowest BCUT2D eigenvalue weighted by Gasteiger charge is -2.12. The summed E-state index contributed by atoms with van der Waals surface area (Å²) in [4.78, 5) is 27.8. The molecule has 0 aliphatic heterocycles. The van der Waals surface area contributed by atoms with Gasteiger partial charge in [-0.2, -0.15) is 0 Å². The summed E-state index contributed by atoms with van der Waals surface area (Å²) >= 11 is 11.3. The molecule has 2 heterocycles. The Morgan fingerprint density at radius 1 is 1.27 bits per heavy atom. The molecule has 0 aliphatic carbocycles. The van der Waals surface area contributed by atoms with Crippen LogP contribution in [0.3, 0.4) is 0 Å². The van der Waals surface area contributed by atoms with Gasteiger partial charge in [0.1, 0.15) is 11.5 Å². The van der Waals surface area contributed by atoms with Gasteiger partial charge in [-0.1, -0.05) is 11.6 Å². The van der Waals surface area contributed by atoms with Crippen molar-refractivity contribution in [3.05, 3.63) is 69.4 Å². The number of carbonyl (C=O) groups excluding carboxylic acids is 1. The zero-order valence-electron chi connectivity index (χ0n) is 10.9. The summed E-state index contributed by atoms with van der Waals surface area (Å²) in [5.41, 5.74) is 0.0706. The third-order valence-corrected chi connectivity index (χ3v) is 3.65. The summed E-state index contributed by atoms with van der Waals surface area (Å²) in [7, 11) is 0. The molecular weight excluding hydrogens is 330 g/mol. The predicted molar refractivity (Wildman–Crippen MR) is 82.5 cm³/mol. The number of rotatable bonds is 2. The van der Waals surface area contributed by atoms with Crippen LogP contribution in [0.1, 0.15) is 10.4 Å². The monoisotopic (exact) mass is 336 g/mol. The lowest BCUT2D eigenvalue weighted by Crippen LogP contribution is -2.16. The highest BCUT2D eigenvalue weighted by atomic mass is 35.5. The molecule has 0 amide bonds. The van der Waals surface area contributed by atoms with Crippen LogP contribution >= 0.6 is 23.2 Å². The molecule has 0 radical (unpaired) electrons. The summed E-state index contributed by atoms with van der Waals surface area (Å²) in [5.74, 6) is -0.572. The predicted octanol–water partition coefficient (Wildman–Crippen LogP) is 3.56. The molecule has 0 atom stereocenters. The van der Waals surface area contributed by atoms with Crippen molar-refractivity contribution in [2.75, 3.05) is 0 Å². The normalized spacial score (nSPS) is 10.9. The van der Waals surface area contributed by atoms with Gasteiger partial charge < -0.3 is 4.57 Å². The number of halogens is 3. The van der Waals surface area contributed by atoms with Crippen molar-refractivity contribution in [2.45, 2.75) is 0 Å². The van der Waals surface area contributed by atoms with Crippen LogP contribution in [0.5, 0.6) is 0 Å². The fraction of sp³-hybridized carbons (Fsp3) is 0. The number of benzene rings is 1. The molecule has 110 valence electrons. The molecule has 4 nitrogen and oxygen atoms in total. The fourth-order valence-electron chi connectivity index (χ4n) is 2.13. The van der Waals surface area contributed by atoms with E-state index >= 15 is 0 Å². The summed E-state index contributed by atoms with van der Waals surface area (Å²) in [6.45, 7) is 0. The van der Waals surface area contributed by atoms with E-state index in [1.165, 1.54) is 41.2 Å². The Kier molecular flexibility index (Phi) is 3.68. The van der Waals surface area contributed by atoms with Crippen molar-refractivity contribution in [1.82, 2.24) is 9.55 Å². The first-order chi connectivity index (χ1) is 10.5. The van der Waals surface area contributed by atoms with E-state index in [4.69, 9.17) is 23.2 Å². The zero-order valence-corrected chi connectivity index (χ0v) is 12.4. The lowest BCUT2D eigenvalue weighted by molar-refractivity contribution is 0.108. The molecule has 7 heteroatoms. The van der Waals surface area contributed by atoms with Crippen LogP contribution < -0.4 is 5.43 Å². The van der Waals surface area contributed by atoms with Crippen LogP contribution in [0.15, 0.2) is 47.5 Å². The van der Waals surface area contributed by atoms with Crippen molar-refractivity contribution < 1.29 is 9.18 Å². The molecule has 0 unspecified atom stereocenters. The van der Waals surface area contributed by atoms with Crippen LogP contribution in [-0.4, -0.2) is 14.8 Å². The van der Waals surface area contributed by atoms with Gasteiger partial charge in [0, 0.05) is 18.1 Å². The highest BCUT2D eigenvalue weighted by Crippen LogP contribution is 2.22. The third kappa shape index (κ3) is 2.38. The summed E-state index contributed by atoms with van der Waals surface area (Å²) in [5, 5.41) is -0.730. The first-order valence-corrected chi connectivity index (χ1v) is 6.90. The second-order valence-electron chi connectivity index (χ2n) is 4.49. The average molecular weight is 337 g/mol. The van der Waals surface area contributed by atoms with Gasteiger partial charge in [-0.05, 0) is 41.9 Å². The standard InChI is InChI=1S/C15H7Cl2FN2O2/c16-11-6-8(3-4-12(11)18)20-7-10(14(17)22)13(21)9-2-1-5-19-15(9)20/h1-7H. The minimum atomic E-state index is -0.877. The maximum absolute atomic E-state index is 13.3. The van der Waals surface area contributed by atoms with Gasteiger partial charge in [0.2, 0.25) is 5.43 Å². The summed E-state index contributed by atoms with van der Waals surface area (Å²) in [6, 6.07) is 7.14. The zero-order chi connectivity index (χ0) is 15.9. The molecule has 2 aromatic heterocycles. The molecule has 0 N–H and O–H groups in total. The topological polar surface area (TPSA) is 52.0 Å². The van der Waals surface area contributed by atoms with Gasteiger partial charge in [0.05, 0.1) is 16.0 Å². The Hall–Kier alpha value is -2.24. The molecule has 1 aromatic carbocycles. The number of carbonyl (C=O) groups is 1. The Morgan fingerprint density at radius 2 is 2.05 bits per heavy atom. The van der Waals surface area contributed by atoms with Gasteiger partial charge in [-0.25, -0.2) is 9.37 Å². The first-order valence-electron chi connectivity index (χ1n) is 6.14. The number of fused-ring (bicyclic) bond motifs is 1. The Balaban J connectivity index is 2.42. The van der Waals surface area contributed by atoms with Crippen LogP contribution in [-0.2, 0) is 0 Å². The highest BCUT2D eigenvalue weighted by Gasteiger charge is 2.15. The van der Waals surface area contributed by atoms with E-state index in [-0.39, 0.29) is 16.0 Å². The van der Waals surface area contributed by atoms with Crippen molar-refractivity contribution in [1.29, 1.82) is 0 Å². The number of hydrogen-bond acceptors (Lipinski definition) is 3. The first kappa shape index (κ1) is 14.7. The van der Waals surface area contributed by atoms with Gasteiger partial charge in [-0.3, -0.25) is 9.59 Å². The molecule has 3 aromatic rings. The van der Waals surface area contributed by atoms with Crippen LogP contribution in [0.4, 0.5) is 4.39 Å². The smallest absolute Gasteiger partial charge is 0.257 e.